The van der Waals surface area contributed by atoms with Crippen LogP contribution in [0.15, 0.2) is 42.5 Å². The molecule has 7 heteroatoms. The fourth-order valence-corrected chi connectivity index (χ4v) is 4.97. The van der Waals surface area contributed by atoms with E-state index in [9.17, 15) is 9.90 Å². The van der Waals surface area contributed by atoms with E-state index in [1.807, 2.05) is 30.3 Å². The summed E-state index contributed by atoms with van der Waals surface area (Å²) in [5.74, 6) is -1.24. The minimum atomic E-state index is -0.967. The van der Waals surface area contributed by atoms with Gasteiger partial charge in [0.25, 0.3) is 0 Å². The van der Waals surface area contributed by atoms with E-state index >= 15 is 0 Å². The van der Waals surface area contributed by atoms with E-state index in [1.165, 1.54) is 11.3 Å². The standard InChI is InChI=1S/C21H23N3O3S/c22-12-16(15-6-5-13-3-1-2-4-14(13)11-15)17-18(23)20(28-19(17)21(25)26)24-7-9-27-10-8-24/h1-6,11,16H,7-10,12,22-23H2,(H,25,26). The maximum Gasteiger partial charge on any atom is 0.346 e. The summed E-state index contributed by atoms with van der Waals surface area (Å²) in [6, 6.07) is 14.2. The molecular weight excluding hydrogens is 374 g/mol. The van der Waals surface area contributed by atoms with Crippen molar-refractivity contribution >= 4 is 38.8 Å². The van der Waals surface area contributed by atoms with Gasteiger partial charge < -0.3 is 26.2 Å². The molecule has 0 amide bonds. The SMILES string of the molecule is NCC(c1ccc2ccccc2c1)c1c(C(=O)O)sc(N2CCOCC2)c1N. The molecule has 2 heterocycles. The number of fused-ring (bicyclic) bond motifs is 1. The molecular formula is C21H23N3O3S. The summed E-state index contributed by atoms with van der Waals surface area (Å²) >= 11 is 1.23. The van der Waals surface area contributed by atoms with E-state index in [0.717, 1.165) is 21.3 Å². The van der Waals surface area contributed by atoms with Crippen LogP contribution in [-0.2, 0) is 4.74 Å². The minimum absolute atomic E-state index is 0.266. The molecule has 1 aromatic heterocycles. The van der Waals surface area contributed by atoms with Crippen LogP contribution in [0.2, 0.25) is 0 Å². The van der Waals surface area contributed by atoms with Gasteiger partial charge in [0.2, 0.25) is 0 Å². The van der Waals surface area contributed by atoms with Gasteiger partial charge in [0.15, 0.2) is 0 Å². The van der Waals surface area contributed by atoms with Gasteiger partial charge >= 0.3 is 5.97 Å². The smallest absolute Gasteiger partial charge is 0.346 e. The Morgan fingerprint density at radius 2 is 1.89 bits per heavy atom. The Hall–Kier alpha value is -2.61. The van der Waals surface area contributed by atoms with Gasteiger partial charge in [0.05, 0.1) is 18.9 Å². The van der Waals surface area contributed by atoms with Gasteiger partial charge in [-0.2, -0.15) is 0 Å². The van der Waals surface area contributed by atoms with Crippen LogP contribution in [0.4, 0.5) is 10.7 Å². The average Bonchev–Trinajstić information content (AvgIpc) is 3.07. The lowest BCUT2D eigenvalue weighted by molar-refractivity contribution is 0.0701. The van der Waals surface area contributed by atoms with Gasteiger partial charge in [0, 0.05) is 31.1 Å². The molecule has 6 nitrogen and oxygen atoms in total. The van der Waals surface area contributed by atoms with E-state index in [4.69, 9.17) is 16.2 Å². The summed E-state index contributed by atoms with van der Waals surface area (Å²) in [5.41, 5.74) is 14.8. The number of benzene rings is 2. The summed E-state index contributed by atoms with van der Waals surface area (Å²) in [7, 11) is 0. The van der Waals surface area contributed by atoms with Crippen molar-refractivity contribution in [3.8, 4) is 0 Å². The summed E-state index contributed by atoms with van der Waals surface area (Å²) < 4.78 is 5.41. The van der Waals surface area contributed by atoms with E-state index in [1.54, 1.807) is 0 Å². The van der Waals surface area contributed by atoms with Crippen LogP contribution >= 0.6 is 11.3 Å². The molecule has 28 heavy (non-hydrogen) atoms. The third-order valence-corrected chi connectivity index (χ3v) is 6.49. The molecule has 146 valence electrons. The number of nitrogen functional groups attached to an aromatic ring is 1. The summed E-state index contributed by atoms with van der Waals surface area (Å²) in [6.07, 6.45) is 0. The Kier molecular flexibility index (Phi) is 5.21. The number of aromatic carboxylic acids is 1. The molecule has 0 bridgehead atoms. The molecule has 0 saturated carbocycles. The van der Waals surface area contributed by atoms with Crippen molar-refractivity contribution in [3.63, 3.8) is 0 Å². The zero-order chi connectivity index (χ0) is 19.7. The largest absolute Gasteiger partial charge is 0.477 e. The highest BCUT2D eigenvalue weighted by molar-refractivity contribution is 7.18. The lowest BCUT2D eigenvalue weighted by Crippen LogP contribution is -2.36. The van der Waals surface area contributed by atoms with Gasteiger partial charge in [-0.3, -0.25) is 0 Å². The van der Waals surface area contributed by atoms with Crippen LogP contribution in [0.5, 0.6) is 0 Å². The first kappa shape index (κ1) is 18.7. The lowest BCUT2D eigenvalue weighted by atomic mass is 9.89. The number of carboxylic acids is 1. The number of carboxylic acid groups (broad SMARTS) is 1. The van der Waals surface area contributed by atoms with E-state index in [2.05, 4.69) is 17.0 Å². The first-order valence-electron chi connectivity index (χ1n) is 9.27. The van der Waals surface area contributed by atoms with Crippen molar-refractivity contribution in [1.29, 1.82) is 0 Å². The Labute approximate surface area is 167 Å². The minimum Gasteiger partial charge on any atom is -0.477 e. The van der Waals surface area contributed by atoms with Crippen molar-refractivity contribution in [3.05, 3.63) is 58.5 Å². The van der Waals surface area contributed by atoms with Gasteiger partial charge in [-0.15, -0.1) is 11.3 Å². The van der Waals surface area contributed by atoms with Crippen molar-refractivity contribution in [2.75, 3.05) is 43.5 Å². The fraction of sp³-hybridized carbons (Fsp3) is 0.286. The number of nitrogens with zero attached hydrogens (tertiary/aromatic N) is 1. The number of nitrogens with two attached hydrogens (primary N) is 2. The lowest BCUT2D eigenvalue weighted by Gasteiger charge is -2.28. The van der Waals surface area contributed by atoms with Crippen LogP contribution in [-0.4, -0.2) is 43.9 Å². The maximum atomic E-state index is 12.0. The number of ether oxygens (including phenoxy) is 1. The monoisotopic (exact) mass is 397 g/mol. The van der Waals surface area contributed by atoms with Crippen LogP contribution in [0.25, 0.3) is 10.8 Å². The van der Waals surface area contributed by atoms with Gasteiger partial charge in [-0.05, 0) is 16.3 Å². The van der Waals surface area contributed by atoms with Crippen molar-refractivity contribution in [1.82, 2.24) is 0 Å². The number of hydrogen-bond donors (Lipinski definition) is 3. The number of thiophene rings is 1. The molecule has 4 rings (SSSR count). The first-order chi connectivity index (χ1) is 13.6. The predicted molar refractivity (Wildman–Crippen MR) is 114 cm³/mol. The fourth-order valence-electron chi connectivity index (χ4n) is 3.80. The van der Waals surface area contributed by atoms with Crippen LogP contribution in [0.1, 0.15) is 26.7 Å². The third kappa shape index (κ3) is 3.32. The molecule has 0 aliphatic carbocycles. The molecule has 1 unspecified atom stereocenters. The topological polar surface area (TPSA) is 102 Å². The summed E-state index contributed by atoms with van der Waals surface area (Å²) in [5, 5.41) is 12.9. The number of anilines is 2. The normalized spacial score (nSPS) is 15.7. The van der Waals surface area contributed by atoms with Crippen LogP contribution < -0.4 is 16.4 Å². The van der Waals surface area contributed by atoms with Crippen molar-refractivity contribution < 1.29 is 14.6 Å². The molecule has 0 radical (unpaired) electrons. The molecule has 1 aliphatic heterocycles. The molecule has 1 aliphatic rings. The summed E-state index contributed by atoms with van der Waals surface area (Å²) in [4.78, 5) is 14.4. The number of morpholine rings is 1. The van der Waals surface area contributed by atoms with Gasteiger partial charge in [0.1, 0.15) is 9.88 Å². The predicted octanol–water partition coefficient (Wildman–Crippen LogP) is 3.11. The van der Waals surface area contributed by atoms with E-state index in [0.29, 0.717) is 37.6 Å². The Balaban J connectivity index is 1.82. The van der Waals surface area contributed by atoms with Crippen LogP contribution in [0, 0.1) is 0 Å². The second-order valence-corrected chi connectivity index (χ2v) is 7.86. The molecule has 1 saturated heterocycles. The van der Waals surface area contributed by atoms with Gasteiger partial charge in [-0.1, -0.05) is 42.5 Å². The highest BCUT2D eigenvalue weighted by atomic mass is 32.1. The Morgan fingerprint density at radius 1 is 1.18 bits per heavy atom. The Morgan fingerprint density at radius 3 is 2.57 bits per heavy atom. The highest BCUT2D eigenvalue weighted by Crippen LogP contribution is 2.44. The molecule has 3 aromatic rings. The second-order valence-electron chi connectivity index (χ2n) is 6.86. The zero-order valence-electron chi connectivity index (χ0n) is 15.4. The molecule has 2 aromatic carbocycles. The van der Waals surface area contributed by atoms with E-state index < -0.39 is 5.97 Å². The van der Waals surface area contributed by atoms with Crippen molar-refractivity contribution in [2.45, 2.75) is 5.92 Å². The number of carbonyl (C=O) groups is 1. The molecule has 1 fully saturated rings. The van der Waals surface area contributed by atoms with Crippen LogP contribution in [0.3, 0.4) is 0 Å². The maximum absolute atomic E-state index is 12.0. The second kappa shape index (κ2) is 7.79. The summed E-state index contributed by atoms with van der Waals surface area (Å²) in [6.45, 7) is 2.90. The number of rotatable bonds is 5. The first-order valence-corrected chi connectivity index (χ1v) is 10.1. The quantitative estimate of drug-likeness (QED) is 0.611. The van der Waals surface area contributed by atoms with E-state index in [-0.39, 0.29) is 17.3 Å². The number of hydrogen-bond acceptors (Lipinski definition) is 6. The van der Waals surface area contributed by atoms with Crippen molar-refractivity contribution in [2.24, 2.45) is 5.73 Å². The zero-order valence-corrected chi connectivity index (χ0v) is 16.2. The highest BCUT2D eigenvalue weighted by Gasteiger charge is 2.30. The Bertz CT molecular complexity index is 1010. The molecule has 0 spiro atoms. The van der Waals surface area contributed by atoms with Gasteiger partial charge in [-0.25, -0.2) is 4.79 Å². The average molecular weight is 398 g/mol. The third-order valence-electron chi connectivity index (χ3n) is 5.22. The molecule has 1 atom stereocenters. The molecule has 5 N–H and O–H groups in total.